The standard InChI is InChI=1S/C11H19Br/c1-9(2)5-6-10(3)11(4)7-8-12/h5,7,10H,6,8H2,1-4H3. The van der Waals surface area contributed by atoms with Gasteiger partial charge in [0.15, 0.2) is 0 Å². The van der Waals surface area contributed by atoms with E-state index in [1.807, 2.05) is 0 Å². The second-order valence-electron chi connectivity index (χ2n) is 3.52. The minimum Gasteiger partial charge on any atom is -0.0883 e. The van der Waals surface area contributed by atoms with Crippen LogP contribution < -0.4 is 0 Å². The molecule has 0 fully saturated rings. The average molecular weight is 231 g/mol. The molecular formula is C11H19Br. The third-order valence-corrected chi connectivity index (χ3v) is 2.38. The maximum Gasteiger partial charge on any atom is 0.0214 e. The van der Waals surface area contributed by atoms with Crippen LogP contribution >= 0.6 is 15.9 Å². The fraction of sp³-hybridized carbons (Fsp3) is 0.636. The summed E-state index contributed by atoms with van der Waals surface area (Å²) in [5.74, 6) is 0.678. The molecule has 0 heterocycles. The van der Waals surface area contributed by atoms with Crippen LogP contribution in [-0.4, -0.2) is 5.33 Å². The molecule has 0 radical (unpaired) electrons. The van der Waals surface area contributed by atoms with Gasteiger partial charge in [0.25, 0.3) is 0 Å². The van der Waals surface area contributed by atoms with E-state index in [-0.39, 0.29) is 0 Å². The highest BCUT2D eigenvalue weighted by atomic mass is 79.9. The van der Waals surface area contributed by atoms with Crippen LogP contribution in [0.4, 0.5) is 0 Å². The molecule has 12 heavy (non-hydrogen) atoms. The van der Waals surface area contributed by atoms with Gasteiger partial charge in [0.1, 0.15) is 0 Å². The molecule has 1 atom stereocenters. The maximum absolute atomic E-state index is 3.41. The van der Waals surface area contributed by atoms with E-state index >= 15 is 0 Å². The van der Waals surface area contributed by atoms with Gasteiger partial charge in [-0.05, 0) is 33.1 Å². The number of hydrogen-bond acceptors (Lipinski definition) is 0. The molecule has 0 spiro atoms. The first-order valence-electron chi connectivity index (χ1n) is 4.44. The van der Waals surface area contributed by atoms with Crippen molar-refractivity contribution in [1.29, 1.82) is 0 Å². The Balaban J connectivity index is 3.95. The monoisotopic (exact) mass is 230 g/mol. The first-order valence-corrected chi connectivity index (χ1v) is 5.56. The summed E-state index contributed by atoms with van der Waals surface area (Å²) in [6.45, 7) is 8.77. The summed E-state index contributed by atoms with van der Waals surface area (Å²) in [4.78, 5) is 0. The van der Waals surface area contributed by atoms with Crippen molar-refractivity contribution in [3.05, 3.63) is 23.3 Å². The van der Waals surface area contributed by atoms with Crippen LogP contribution in [-0.2, 0) is 0 Å². The molecule has 0 N–H and O–H groups in total. The molecule has 1 unspecified atom stereocenters. The van der Waals surface area contributed by atoms with Gasteiger partial charge < -0.3 is 0 Å². The zero-order valence-electron chi connectivity index (χ0n) is 8.52. The number of hydrogen-bond donors (Lipinski definition) is 0. The Labute approximate surface area is 84.9 Å². The molecule has 0 bridgehead atoms. The van der Waals surface area contributed by atoms with E-state index in [0.29, 0.717) is 5.92 Å². The van der Waals surface area contributed by atoms with Crippen molar-refractivity contribution >= 4 is 15.9 Å². The first-order chi connectivity index (χ1) is 5.57. The molecule has 0 rings (SSSR count). The van der Waals surface area contributed by atoms with E-state index in [0.717, 1.165) is 11.8 Å². The highest BCUT2D eigenvalue weighted by Gasteiger charge is 2.00. The van der Waals surface area contributed by atoms with E-state index < -0.39 is 0 Å². The van der Waals surface area contributed by atoms with E-state index in [9.17, 15) is 0 Å². The molecule has 70 valence electrons. The summed E-state index contributed by atoms with van der Waals surface area (Å²) in [5, 5.41) is 0.970. The van der Waals surface area contributed by atoms with Crippen molar-refractivity contribution in [3.8, 4) is 0 Å². The number of rotatable bonds is 4. The topological polar surface area (TPSA) is 0 Å². The summed E-state index contributed by atoms with van der Waals surface area (Å²) in [6.07, 6.45) is 5.71. The molecule has 0 saturated carbocycles. The molecule has 0 aromatic carbocycles. The lowest BCUT2D eigenvalue weighted by molar-refractivity contribution is 0.691. The predicted octanol–water partition coefficient (Wildman–Crippen LogP) is 4.32. The van der Waals surface area contributed by atoms with Crippen LogP contribution in [0.5, 0.6) is 0 Å². The molecule has 0 aliphatic rings. The smallest absolute Gasteiger partial charge is 0.0214 e. The highest BCUT2D eigenvalue weighted by Crippen LogP contribution is 2.15. The van der Waals surface area contributed by atoms with Crippen molar-refractivity contribution in [2.45, 2.75) is 34.1 Å². The lowest BCUT2D eigenvalue weighted by Gasteiger charge is -2.09. The predicted molar refractivity (Wildman–Crippen MR) is 60.8 cm³/mol. The molecule has 0 amide bonds. The number of alkyl halides is 1. The molecular weight excluding hydrogens is 212 g/mol. The average Bonchev–Trinajstić information content (AvgIpc) is 2.00. The minimum atomic E-state index is 0.678. The molecule has 0 saturated heterocycles. The Morgan fingerprint density at radius 3 is 2.25 bits per heavy atom. The van der Waals surface area contributed by atoms with E-state index in [1.165, 1.54) is 11.1 Å². The molecule has 0 aliphatic carbocycles. The van der Waals surface area contributed by atoms with Gasteiger partial charge in [0, 0.05) is 5.33 Å². The van der Waals surface area contributed by atoms with Crippen LogP contribution in [0.2, 0.25) is 0 Å². The summed E-state index contributed by atoms with van der Waals surface area (Å²) in [7, 11) is 0. The first kappa shape index (κ1) is 12.0. The number of halogens is 1. The van der Waals surface area contributed by atoms with Gasteiger partial charge in [0.2, 0.25) is 0 Å². The van der Waals surface area contributed by atoms with Crippen LogP contribution in [0.15, 0.2) is 23.3 Å². The Morgan fingerprint density at radius 2 is 1.83 bits per heavy atom. The fourth-order valence-corrected chi connectivity index (χ4v) is 1.43. The van der Waals surface area contributed by atoms with Crippen molar-refractivity contribution in [3.63, 3.8) is 0 Å². The van der Waals surface area contributed by atoms with Gasteiger partial charge in [-0.25, -0.2) is 0 Å². The van der Waals surface area contributed by atoms with Crippen molar-refractivity contribution in [2.75, 3.05) is 5.33 Å². The SMILES string of the molecule is CC(C)=CCC(C)C(C)=CCBr. The van der Waals surface area contributed by atoms with Crippen molar-refractivity contribution in [2.24, 2.45) is 5.92 Å². The van der Waals surface area contributed by atoms with Gasteiger partial charge >= 0.3 is 0 Å². The lowest BCUT2D eigenvalue weighted by atomic mass is 9.98. The quantitative estimate of drug-likeness (QED) is 0.499. The van der Waals surface area contributed by atoms with Crippen LogP contribution in [0.25, 0.3) is 0 Å². The molecule has 0 nitrogen and oxygen atoms in total. The second-order valence-corrected chi connectivity index (χ2v) is 4.17. The van der Waals surface area contributed by atoms with E-state index in [4.69, 9.17) is 0 Å². The summed E-state index contributed by atoms with van der Waals surface area (Å²) in [5.41, 5.74) is 2.89. The maximum atomic E-state index is 3.41. The van der Waals surface area contributed by atoms with Gasteiger partial charge in [-0.2, -0.15) is 0 Å². The fourth-order valence-electron chi connectivity index (χ4n) is 0.921. The minimum absolute atomic E-state index is 0.678. The highest BCUT2D eigenvalue weighted by molar-refractivity contribution is 9.09. The van der Waals surface area contributed by atoms with Crippen molar-refractivity contribution in [1.82, 2.24) is 0 Å². The van der Waals surface area contributed by atoms with Gasteiger partial charge in [-0.3, -0.25) is 0 Å². The summed E-state index contributed by atoms with van der Waals surface area (Å²) >= 11 is 3.41. The van der Waals surface area contributed by atoms with Crippen LogP contribution in [0.3, 0.4) is 0 Å². The Kier molecular flexibility index (Phi) is 6.45. The summed E-state index contributed by atoms with van der Waals surface area (Å²) in [6, 6.07) is 0. The molecule has 1 heteroatoms. The van der Waals surface area contributed by atoms with E-state index in [2.05, 4.69) is 55.8 Å². The molecule has 0 aromatic rings. The third kappa shape index (κ3) is 5.59. The van der Waals surface area contributed by atoms with Crippen molar-refractivity contribution < 1.29 is 0 Å². The zero-order valence-corrected chi connectivity index (χ0v) is 10.1. The normalized spacial score (nSPS) is 14.2. The Morgan fingerprint density at radius 1 is 1.25 bits per heavy atom. The third-order valence-electron chi connectivity index (χ3n) is 2.06. The van der Waals surface area contributed by atoms with E-state index in [1.54, 1.807) is 0 Å². The van der Waals surface area contributed by atoms with Gasteiger partial charge in [-0.1, -0.05) is 46.2 Å². The Bertz CT molecular complexity index is 173. The largest absolute Gasteiger partial charge is 0.0883 e. The van der Waals surface area contributed by atoms with Gasteiger partial charge in [0.05, 0.1) is 0 Å². The van der Waals surface area contributed by atoms with Crippen LogP contribution in [0.1, 0.15) is 34.1 Å². The lowest BCUT2D eigenvalue weighted by Crippen LogP contribution is -1.94. The number of allylic oxidation sites excluding steroid dienone is 4. The second kappa shape index (κ2) is 6.47. The van der Waals surface area contributed by atoms with Gasteiger partial charge in [-0.15, -0.1) is 0 Å². The summed E-state index contributed by atoms with van der Waals surface area (Å²) < 4.78 is 0. The molecule has 0 aromatic heterocycles. The van der Waals surface area contributed by atoms with Crippen LogP contribution in [0, 0.1) is 5.92 Å². The zero-order chi connectivity index (χ0) is 9.56. The molecule has 0 aliphatic heterocycles. The Hall–Kier alpha value is -0.0400.